The third-order valence-corrected chi connectivity index (χ3v) is 5.88. The van der Waals surface area contributed by atoms with Crippen LogP contribution >= 0.6 is 15.9 Å². The van der Waals surface area contributed by atoms with Gasteiger partial charge in [-0.05, 0) is 49.7 Å². The summed E-state index contributed by atoms with van der Waals surface area (Å²) < 4.78 is 51.1. The summed E-state index contributed by atoms with van der Waals surface area (Å²) in [7, 11) is 1.18. The first-order valence-electron chi connectivity index (χ1n) is 10.2. The fraction of sp³-hybridized carbons (Fsp3) is 0.250. The number of hydrogen-bond donors (Lipinski definition) is 1. The zero-order valence-corrected chi connectivity index (χ0v) is 20.2. The molecule has 1 aliphatic heterocycles. The van der Waals surface area contributed by atoms with Crippen molar-refractivity contribution in [1.82, 2.24) is 0 Å². The Morgan fingerprint density at radius 2 is 1.74 bits per heavy atom. The summed E-state index contributed by atoms with van der Waals surface area (Å²) in [5.41, 5.74) is 6.31. The van der Waals surface area contributed by atoms with Gasteiger partial charge < -0.3 is 20.1 Å². The molecule has 34 heavy (non-hydrogen) atoms. The third-order valence-electron chi connectivity index (χ3n) is 5.36. The average molecular weight is 539 g/mol. The van der Waals surface area contributed by atoms with Crippen LogP contribution in [0.3, 0.4) is 0 Å². The Bertz CT molecular complexity index is 1170. The molecule has 0 amide bonds. The Hall–Kier alpha value is -3.27. The first kappa shape index (κ1) is 25.4. The van der Waals surface area contributed by atoms with Gasteiger partial charge in [0.25, 0.3) is 0 Å². The molecule has 0 aliphatic carbocycles. The van der Waals surface area contributed by atoms with Gasteiger partial charge in [-0.2, -0.15) is 13.2 Å². The lowest BCUT2D eigenvalue weighted by atomic mass is 9.80. The van der Waals surface area contributed by atoms with Crippen LogP contribution in [0.1, 0.15) is 30.9 Å². The fourth-order valence-corrected chi connectivity index (χ4v) is 4.14. The van der Waals surface area contributed by atoms with Crippen LogP contribution in [0.5, 0.6) is 0 Å². The molecular formula is C24H22BrF3N2O4. The van der Waals surface area contributed by atoms with E-state index in [9.17, 15) is 22.8 Å². The van der Waals surface area contributed by atoms with E-state index in [-0.39, 0.29) is 35.0 Å². The molecule has 2 aromatic carbocycles. The lowest BCUT2D eigenvalue weighted by Gasteiger charge is -2.37. The van der Waals surface area contributed by atoms with Crippen molar-refractivity contribution in [3.63, 3.8) is 0 Å². The quantitative estimate of drug-likeness (QED) is 0.523. The minimum atomic E-state index is -4.60. The Balaban J connectivity index is 2.33. The average Bonchev–Trinajstić information content (AvgIpc) is 2.78. The Morgan fingerprint density at radius 1 is 1.09 bits per heavy atom. The van der Waals surface area contributed by atoms with Gasteiger partial charge in [0.2, 0.25) is 0 Å². The van der Waals surface area contributed by atoms with Gasteiger partial charge in [-0.3, -0.25) is 0 Å². The zero-order valence-electron chi connectivity index (χ0n) is 18.6. The number of halogens is 4. The minimum absolute atomic E-state index is 0.0299. The highest BCUT2D eigenvalue weighted by Gasteiger charge is 2.42. The van der Waals surface area contributed by atoms with Crippen LogP contribution in [0.2, 0.25) is 0 Å². The highest BCUT2D eigenvalue weighted by Crippen LogP contribution is 2.44. The van der Waals surface area contributed by atoms with Crippen molar-refractivity contribution in [2.75, 3.05) is 18.6 Å². The molecule has 0 fully saturated rings. The van der Waals surface area contributed by atoms with Crippen molar-refractivity contribution in [2.45, 2.75) is 25.9 Å². The lowest BCUT2D eigenvalue weighted by molar-refractivity contribution is -0.139. The Labute approximate surface area is 202 Å². The van der Waals surface area contributed by atoms with Gasteiger partial charge in [-0.1, -0.05) is 34.1 Å². The van der Waals surface area contributed by atoms with Crippen molar-refractivity contribution in [2.24, 2.45) is 5.73 Å². The Kier molecular flexibility index (Phi) is 7.40. The normalized spacial score (nSPS) is 16.6. The number of hydrogen-bond acceptors (Lipinski definition) is 6. The molecule has 6 nitrogen and oxygen atoms in total. The van der Waals surface area contributed by atoms with Crippen LogP contribution in [-0.2, 0) is 25.2 Å². The fourth-order valence-electron chi connectivity index (χ4n) is 3.87. The lowest BCUT2D eigenvalue weighted by Crippen LogP contribution is -2.39. The number of anilines is 1. The number of carbonyl (C=O) groups excluding carboxylic acids is 2. The van der Waals surface area contributed by atoms with Crippen LogP contribution in [0.25, 0.3) is 0 Å². The molecule has 0 spiro atoms. The van der Waals surface area contributed by atoms with Crippen LogP contribution in [0.4, 0.5) is 18.9 Å². The maximum absolute atomic E-state index is 13.4. The van der Waals surface area contributed by atoms with E-state index in [1.54, 1.807) is 31.2 Å². The molecule has 2 N–H and O–H groups in total. The molecule has 3 rings (SSSR count). The maximum atomic E-state index is 13.4. The molecule has 10 heteroatoms. The van der Waals surface area contributed by atoms with E-state index in [0.29, 0.717) is 5.56 Å². The smallest absolute Gasteiger partial charge is 0.416 e. The van der Waals surface area contributed by atoms with Crippen LogP contribution in [0, 0.1) is 0 Å². The number of carbonyl (C=O) groups is 2. The minimum Gasteiger partial charge on any atom is -0.466 e. The van der Waals surface area contributed by atoms with Gasteiger partial charge in [0.1, 0.15) is 5.82 Å². The van der Waals surface area contributed by atoms with E-state index in [0.717, 1.165) is 16.6 Å². The highest BCUT2D eigenvalue weighted by atomic mass is 79.9. The topological polar surface area (TPSA) is 81.9 Å². The number of methoxy groups -OCH3 is 1. The number of nitrogens with zero attached hydrogens (tertiary/aromatic N) is 1. The van der Waals surface area contributed by atoms with Crippen molar-refractivity contribution >= 4 is 33.6 Å². The molecule has 1 atom stereocenters. The number of benzene rings is 2. The van der Waals surface area contributed by atoms with Gasteiger partial charge in [0.15, 0.2) is 0 Å². The standard InChI is InChI=1S/C24H22BrF3N2O4/c1-4-34-23(32)20-19(14-8-10-16(25)11-9-14)18(22(31)33-3)13(2)30(21(20)29)17-7-5-6-15(12-17)24(26,27)28/h5-12,19H,4,29H2,1-3H3. The van der Waals surface area contributed by atoms with E-state index in [4.69, 9.17) is 15.2 Å². The highest BCUT2D eigenvalue weighted by molar-refractivity contribution is 9.10. The van der Waals surface area contributed by atoms with E-state index in [1.165, 1.54) is 31.1 Å². The van der Waals surface area contributed by atoms with Crippen molar-refractivity contribution in [1.29, 1.82) is 0 Å². The SMILES string of the molecule is CCOC(=O)C1=C(N)N(c2cccc(C(F)(F)F)c2)C(C)=C(C(=O)OC)C1c1ccc(Br)cc1. The molecule has 1 aliphatic rings. The molecule has 0 radical (unpaired) electrons. The Morgan fingerprint density at radius 3 is 2.29 bits per heavy atom. The van der Waals surface area contributed by atoms with Gasteiger partial charge in [-0.15, -0.1) is 0 Å². The second-order valence-corrected chi connectivity index (χ2v) is 8.29. The van der Waals surface area contributed by atoms with Crippen LogP contribution < -0.4 is 10.6 Å². The first-order chi connectivity index (χ1) is 16.0. The zero-order chi connectivity index (χ0) is 25.2. The molecule has 2 aromatic rings. The number of esters is 2. The predicted molar refractivity (Wildman–Crippen MR) is 123 cm³/mol. The molecule has 1 heterocycles. The molecule has 180 valence electrons. The summed E-state index contributed by atoms with van der Waals surface area (Å²) in [4.78, 5) is 27.3. The molecule has 0 bridgehead atoms. The molecule has 0 saturated carbocycles. The number of nitrogens with two attached hydrogens (primary N) is 1. The van der Waals surface area contributed by atoms with Crippen LogP contribution in [-0.4, -0.2) is 25.7 Å². The summed E-state index contributed by atoms with van der Waals surface area (Å²) in [6, 6.07) is 11.3. The first-order valence-corrected chi connectivity index (χ1v) is 11.0. The second kappa shape index (κ2) is 9.92. The van der Waals surface area contributed by atoms with E-state index >= 15 is 0 Å². The monoisotopic (exact) mass is 538 g/mol. The van der Waals surface area contributed by atoms with Gasteiger partial charge in [0.05, 0.1) is 36.3 Å². The summed E-state index contributed by atoms with van der Waals surface area (Å²) in [5, 5.41) is 0. The maximum Gasteiger partial charge on any atom is 0.416 e. The van der Waals surface area contributed by atoms with E-state index < -0.39 is 29.6 Å². The van der Waals surface area contributed by atoms with Gasteiger partial charge >= 0.3 is 18.1 Å². The number of alkyl halides is 3. The van der Waals surface area contributed by atoms with E-state index in [1.807, 2.05) is 0 Å². The van der Waals surface area contributed by atoms with Gasteiger partial charge in [0, 0.05) is 15.9 Å². The molecular weight excluding hydrogens is 517 g/mol. The summed E-state index contributed by atoms with van der Waals surface area (Å²) >= 11 is 3.35. The molecule has 0 aromatic heterocycles. The van der Waals surface area contributed by atoms with Gasteiger partial charge in [-0.25, -0.2) is 9.59 Å². The third kappa shape index (κ3) is 4.82. The van der Waals surface area contributed by atoms with E-state index in [2.05, 4.69) is 15.9 Å². The largest absolute Gasteiger partial charge is 0.466 e. The summed E-state index contributed by atoms with van der Waals surface area (Å²) in [6.45, 7) is 3.18. The molecule has 1 unspecified atom stereocenters. The number of allylic oxidation sites excluding steroid dienone is 1. The van der Waals surface area contributed by atoms with Crippen molar-refractivity contribution in [3.05, 3.63) is 86.8 Å². The van der Waals surface area contributed by atoms with Crippen LogP contribution in [0.15, 0.2) is 75.7 Å². The predicted octanol–water partition coefficient (Wildman–Crippen LogP) is 5.25. The van der Waals surface area contributed by atoms with Crippen molar-refractivity contribution < 1.29 is 32.2 Å². The number of rotatable bonds is 5. The van der Waals surface area contributed by atoms with Crippen molar-refractivity contribution in [3.8, 4) is 0 Å². The summed E-state index contributed by atoms with van der Waals surface area (Å²) in [6.07, 6.45) is -4.60. The second-order valence-electron chi connectivity index (χ2n) is 7.38. The number of ether oxygens (including phenoxy) is 2. The molecule has 0 saturated heterocycles. The summed E-state index contributed by atoms with van der Waals surface area (Å²) in [5.74, 6) is -2.65.